The van der Waals surface area contributed by atoms with Crippen LogP contribution >= 0.6 is 11.6 Å². The van der Waals surface area contributed by atoms with E-state index in [4.69, 9.17) is 16.9 Å². The standard InChI is InChI=1S/C13H6ClFN/c14-11-6-4-9(5-7-11)13-10(8-16)2-1-3-12(13)15/h1-2,4-7H. The van der Waals surface area contributed by atoms with E-state index in [1.807, 2.05) is 6.07 Å². The molecule has 0 saturated carbocycles. The molecule has 0 fully saturated rings. The Labute approximate surface area is 97.7 Å². The summed E-state index contributed by atoms with van der Waals surface area (Å²) in [7, 11) is 0. The largest absolute Gasteiger partial charge is 0.206 e. The van der Waals surface area contributed by atoms with Crippen molar-refractivity contribution in [2.75, 3.05) is 0 Å². The lowest BCUT2D eigenvalue weighted by atomic mass is 10.00. The van der Waals surface area contributed by atoms with Crippen molar-refractivity contribution in [3.8, 4) is 17.2 Å². The predicted octanol–water partition coefficient (Wildman–Crippen LogP) is 3.82. The molecule has 0 N–H and O–H groups in total. The zero-order valence-electron chi connectivity index (χ0n) is 8.17. The summed E-state index contributed by atoms with van der Waals surface area (Å²) in [6.45, 7) is 0. The second-order valence-corrected chi connectivity index (χ2v) is 3.64. The summed E-state index contributed by atoms with van der Waals surface area (Å²) >= 11 is 5.75. The third-order valence-electron chi connectivity index (χ3n) is 2.20. The Morgan fingerprint density at radius 2 is 1.88 bits per heavy atom. The summed E-state index contributed by atoms with van der Waals surface area (Å²) in [6.07, 6.45) is 0. The highest BCUT2D eigenvalue weighted by molar-refractivity contribution is 6.30. The van der Waals surface area contributed by atoms with Crippen LogP contribution in [0, 0.1) is 23.2 Å². The van der Waals surface area contributed by atoms with Crippen LogP contribution in [-0.4, -0.2) is 0 Å². The fourth-order valence-corrected chi connectivity index (χ4v) is 1.59. The van der Waals surface area contributed by atoms with Crippen LogP contribution in [0.4, 0.5) is 4.39 Å². The van der Waals surface area contributed by atoms with Gasteiger partial charge in [-0.3, -0.25) is 0 Å². The van der Waals surface area contributed by atoms with Crippen molar-refractivity contribution in [3.05, 3.63) is 58.9 Å². The summed E-state index contributed by atoms with van der Waals surface area (Å²) in [4.78, 5) is 0. The Morgan fingerprint density at radius 1 is 1.19 bits per heavy atom. The van der Waals surface area contributed by atoms with Gasteiger partial charge in [-0.15, -0.1) is 0 Å². The average molecular weight is 231 g/mol. The summed E-state index contributed by atoms with van der Waals surface area (Å²) in [5.74, 6) is -0.527. The highest BCUT2D eigenvalue weighted by Gasteiger charge is 2.10. The molecule has 0 aliphatic rings. The van der Waals surface area contributed by atoms with Crippen LogP contribution in [0.25, 0.3) is 11.1 Å². The number of halogens is 2. The maximum Gasteiger partial charge on any atom is 0.140 e. The minimum absolute atomic E-state index is 0.265. The highest BCUT2D eigenvalue weighted by atomic mass is 35.5. The van der Waals surface area contributed by atoms with Crippen LogP contribution in [0.5, 0.6) is 0 Å². The van der Waals surface area contributed by atoms with E-state index in [0.717, 1.165) is 0 Å². The van der Waals surface area contributed by atoms with Gasteiger partial charge in [-0.05, 0) is 29.8 Å². The summed E-state index contributed by atoms with van der Waals surface area (Å²) < 4.78 is 13.6. The smallest absolute Gasteiger partial charge is 0.140 e. The fraction of sp³-hybridized carbons (Fsp3) is 0. The van der Waals surface area contributed by atoms with Crippen molar-refractivity contribution >= 4 is 11.6 Å². The van der Waals surface area contributed by atoms with E-state index in [1.165, 1.54) is 12.1 Å². The van der Waals surface area contributed by atoms with Crippen molar-refractivity contribution in [1.82, 2.24) is 0 Å². The van der Waals surface area contributed by atoms with Crippen LogP contribution in [0.2, 0.25) is 5.02 Å². The molecular weight excluding hydrogens is 225 g/mol. The molecule has 1 radical (unpaired) electrons. The van der Waals surface area contributed by atoms with Gasteiger partial charge in [-0.25, -0.2) is 4.39 Å². The van der Waals surface area contributed by atoms with Crippen molar-refractivity contribution in [2.45, 2.75) is 0 Å². The molecule has 0 amide bonds. The Kier molecular flexibility index (Phi) is 2.89. The van der Waals surface area contributed by atoms with Gasteiger partial charge in [0.05, 0.1) is 11.6 Å². The monoisotopic (exact) mass is 230 g/mol. The van der Waals surface area contributed by atoms with E-state index in [2.05, 4.69) is 6.07 Å². The van der Waals surface area contributed by atoms with Crippen LogP contribution in [0.3, 0.4) is 0 Å². The van der Waals surface area contributed by atoms with Crippen LogP contribution in [-0.2, 0) is 0 Å². The second kappa shape index (κ2) is 4.34. The van der Waals surface area contributed by atoms with Crippen molar-refractivity contribution in [2.24, 2.45) is 0 Å². The molecule has 0 atom stereocenters. The lowest BCUT2D eigenvalue weighted by Gasteiger charge is -2.05. The third kappa shape index (κ3) is 1.91. The molecule has 0 saturated heterocycles. The third-order valence-corrected chi connectivity index (χ3v) is 2.45. The molecular formula is C13H6ClFN. The van der Waals surface area contributed by atoms with Gasteiger partial charge < -0.3 is 0 Å². The molecule has 2 aromatic carbocycles. The number of hydrogen-bond acceptors (Lipinski definition) is 1. The maximum atomic E-state index is 13.6. The summed E-state index contributed by atoms with van der Waals surface area (Å²) in [6, 6.07) is 14.0. The molecule has 1 nitrogen and oxygen atoms in total. The molecule has 2 rings (SSSR count). The first-order chi connectivity index (χ1) is 7.72. The van der Waals surface area contributed by atoms with E-state index in [0.29, 0.717) is 16.1 Å². The van der Waals surface area contributed by atoms with Gasteiger partial charge in [0.1, 0.15) is 5.82 Å². The molecule has 0 bridgehead atoms. The summed E-state index contributed by atoms with van der Waals surface area (Å²) in [5, 5.41) is 9.47. The zero-order chi connectivity index (χ0) is 11.5. The highest BCUT2D eigenvalue weighted by Crippen LogP contribution is 2.27. The number of rotatable bonds is 1. The van der Waals surface area contributed by atoms with Crippen molar-refractivity contribution < 1.29 is 4.39 Å². The van der Waals surface area contributed by atoms with Gasteiger partial charge >= 0.3 is 0 Å². The van der Waals surface area contributed by atoms with E-state index in [1.54, 1.807) is 24.3 Å². The molecule has 16 heavy (non-hydrogen) atoms. The quantitative estimate of drug-likeness (QED) is 0.731. The first-order valence-corrected chi connectivity index (χ1v) is 4.96. The van der Waals surface area contributed by atoms with Gasteiger partial charge in [0.25, 0.3) is 0 Å². The molecule has 0 heterocycles. The number of nitrogens with zero attached hydrogens (tertiary/aromatic N) is 1. The van der Waals surface area contributed by atoms with Gasteiger partial charge in [0.15, 0.2) is 0 Å². The molecule has 2 aromatic rings. The fourth-order valence-electron chi connectivity index (χ4n) is 1.46. The molecule has 0 unspecified atom stereocenters. The minimum Gasteiger partial charge on any atom is -0.206 e. The molecule has 77 valence electrons. The first-order valence-electron chi connectivity index (χ1n) is 4.58. The second-order valence-electron chi connectivity index (χ2n) is 3.20. The number of hydrogen-bond donors (Lipinski definition) is 0. The van der Waals surface area contributed by atoms with Crippen molar-refractivity contribution in [1.29, 1.82) is 5.26 Å². The van der Waals surface area contributed by atoms with Crippen LogP contribution < -0.4 is 0 Å². The zero-order valence-corrected chi connectivity index (χ0v) is 8.92. The van der Waals surface area contributed by atoms with Crippen molar-refractivity contribution in [3.63, 3.8) is 0 Å². The minimum atomic E-state index is -0.527. The average Bonchev–Trinajstić information content (AvgIpc) is 2.30. The van der Waals surface area contributed by atoms with E-state index < -0.39 is 5.82 Å². The molecule has 0 aliphatic heterocycles. The lowest BCUT2D eigenvalue weighted by Crippen LogP contribution is -1.89. The summed E-state index contributed by atoms with van der Waals surface area (Å²) in [5.41, 5.74) is 1.18. The topological polar surface area (TPSA) is 23.8 Å². The van der Waals surface area contributed by atoms with E-state index in [9.17, 15) is 4.39 Å². The lowest BCUT2D eigenvalue weighted by molar-refractivity contribution is 0.628. The Hall–Kier alpha value is -1.85. The molecule has 0 aromatic heterocycles. The Balaban J connectivity index is 2.64. The van der Waals surface area contributed by atoms with Gasteiger partial charge in [-0.1, -0.05) is 23.7 Å². The molecule has 0 aliphatic carbocycles. The first kappa shape index (κ1) is 10.7. The van der Waals surface area contributed by atoms with E-state index in [-0.39, 0.29) is 5.56 Å². The normalized spacial score (nSPS) is 9.81. The molecule has 0 spiro atoms. The van der Waals surface area contributed by atoms with E-state index >= 15 is 0 Å². The van der Waals surface area contributed by atoms with Crippen LogP contribution in [0.1, 0.15) is 5.56 Å². The molecule has 3 heteroatoms. The Bertz CT molecular complexity index is 555. The SMILES string of the molecule is N#Cc1cc[c]c(F)c1-c1ccc(Cl)cc1. The Morgan fingerprint density at radius 3 is 2.50 bits per heavy atom. The predicted molar refractivity (Wildman–Crippen MR) is 60.4 cm³/mol. The van der Waals surface area contributed by atoms with Gasteiger partial charge in [0.2, 0.25) is 0 Å². The maximum absolute atomic E-state index is 13.6. The van der Waals surface area contributed by atoms with Gasteiger partial charge in [0, 0.05) is 16.7 Å². The van der Waals surface area contributed by atoms with Crippen LogP contribution in [0.15, 0.2) is 36.4 Å². The van der Waals surface area contributed by atoms with Gasteiger partial charge in [-0.2, -0.15) is 5.26 Å². The number of benzene rings is 2. The number of nitriles is 1.